The van der Waals surface area contributed by atoms with Crippen LogP contribution in [0, 0.1) is 19.7 Å². The number of rotatable bonds is 1. The summed E-state index contributed by atoms with van der Waals surface area (Å²) in [7, 11) is 0. The van der Waals surface area contributed by atoms with Crippen molar-refractivity contribution in [2.24, 2.45) is 0 Å². The average Bonchev–Trinajstić information content (AvgIpc) is 2.54. The van der Waals surface area contributed by atoms with Crippen molar-refractivity contribution in [1.82, 2.24) is 10.2 Å². The second kappa shape index (κ2) is 3.79. The fraction of sp³-hybridized carbons (Fsp3) is 0.182. The molecule has 0 fully saturated rings. The van der Waals surface area contributed by atoms with Crippen LogP contribution < -0.4 is 5.73 Å². The molecule has 84 valence electrons. The van der Waals surface area contributed by atoms with Gasteiger partial charge in [-0.3, -0.25) is 5.10 Å². The highest BCUT2D eigenvalue weighted by Crippen LogP contribution is 2.33. The molecule has 0 aliphatic rings. The number of halogens is 2. The Balaban J connectivity index is 2.65. The predicted molar refractivity (Wildman–Crippen MR) is 62.9 cm³/mol. The van der Waals surface area contributed by atoms with Crippen molar-refractivity contribution in [3.05, 3.63) is 34.2 Å². The third-order valence-electron chi connectivity index (χ3n) is 2.50. The zero-order valence-corrected chi connectivity index (χ0v) is 9.69. The normalized spacial score (nSPS) is 10.8. The summed E-state index contributed by atoms with van der Waals surface area (Å²) < 4.78 is 13.4. The topological polar surface area (TPSA) is 54.7 Å². The monoisotopic (exact) mass is 239 g/mol. The summed E-state index contributed by atoms with van der Waals surface area (Å²) in [5.41, 5.74) is 8.54. The van der Waals surface area contributed by atoms with Crippen LogP contribution in [0.5, 0.6) is 0 Å². The van der Waals surface area contributed by atoms with Crippen LogP contribution >= 0.6 is 11.6 Å². The Morgan fingerprint density at radius 1 is 1.38 bits per heavy atom. The fourth-order valence-corrected chi connectivity index (χ4v) is 1.78. The molecule has 0 aliphatic heterocycles. The number of nitrogen functional groups attached to an aromatic ring is 1. The molecule has 1 aromatic heterocycles. The number of hydrogen-bond donors (Lipinski definition) is 2. The van der Waals surface area contributed by atoms with E-state index in [1.165, 1.54) is 6.07 Å². The number of nitrogens with zero attached hydrogens (tertiary/aromatic N) is 1. The Morgan fingerprint density at radius 2 is 2.06 bits per heavy atom. The molecule has 2 rings (SSSR count). The summed E-state index contributed by atoms with van der Waals surface area (Å²) in [6, 6.07) is 2.92. The van der Waals surface area contributed by atoms with Gasteiger partial charge in [-0.25, -0.2) is 4.39 Å². The molecule has 0 saturated heterocycles. The van der Waals surface area contributed by atoms with E-state index in [9.17, 15) is 4.39 Å². The summed E-state index contributed by atoms with van der Waals surface area (Å²) in [6.45, 7) is 3.45. The van der Waals surface area contributed by atoms with Gasteiger partial charge in [0.05, 0.1) is 16.4 Å². The van der Waals surface area contributed by atoms with Gasteiger partial charge in [-0.15, -0.1) is 0 Å². The number of H-pyrrole nitrogens is 1. The van der Waals surface area contributed by atoms with Crippen molar-refractivity contribution in [3.63, 3.8) is 0 Å². The number of aromatic nitrogens is 2. The van der Waals surface area contributed by atoms with E-state index in [1.54, 1.807) is 19.9 Å². The van der Waals surface area contributed by atoms with Crippen molar-refractivity contribution >= 4 is 17.3 Å². The van der Waals surface area contributed by atoms with Crippen molar-refractivity contribution in [2.75, 3.05) is 5.73 Å². The van der Waals surface area contributed by atoms with Gasteiger partial charge in [-0.2, -0.15) is 5.10 Å². The number of anilines is 1. The Labute approximate surface area is 97.4 Å². The average molecular weight is 240 g/mol. The van der Waals surface area contributed by atoms with Crippen LogP contribution in [0.15, 0.2) is 12.1 Å². The van der Waals surface area contributed by atoms with Gasteiger partial charge in [0.2, 0.25) is 0 Å². The second-order valence-corrected chi connectivity index (χ2v) is 4.10. The maximum atomic E-state index is 13.4. The van der Waals surface area contributed by atoms with E-state index in [0.29, 0.717) is 27.5 Å². The minimum absolute atomic E-state index is 0.320. The third kappa shape index (κ3) is 1.65. The first-order chi connectivity index (χ1) is 7.50. The summed E-state index contributed by atoms with van der Waals surface area (Å²) in [6.07, 6.45) is 0. The summed E-state index contributed by atoms with van der Waals surface area (Å²) >= 11 is 6.04. The number of nitrogens with two attached hydrogens (primary N) is 1. The van der Waals surface area contributed by atoms with Gasteiger partial charge in [0.25, 0.3) is 0 Å². The fourth-order valence-electron chi connectivity index (χ4n) is 1.47. The summed E-state index contributed by atoms with van der Waals surface area (Å²) in [5.74, 6) is -0.320. The molecule has 0 radical (unpaired) electrons. The molecule has 0 amide bonds. The number of hydrogen-bond acceptors (Lipinski definition) is 2. The highest BCUT2D eigenvalue weighted by molar-refractivity contribution is 6.33. The van der Waals surface area contributed by atoms with E-state index in [2.05, 4.69) is 10.2 Å². The molecule has 0 unspecified atom stereocenters. The molecule has 0 spiro atoms. The zero-order chi connectivity index (χ0) is 11.9. The van der Waals surface area contributed by atoms with Crippen molar-refractivity contribution < 1.29 is 4.39 Å². The van der Waals surface area contributed by atoms with E-state index in [1.807, 2.05) is 0 Å². The van der Waals surface area contributed by atoms with Crippen LogP contribution in [-0.4, -0.2) is 10.2 Å². The van der Waals surface area contributed by atoms with E-state index >= 15 is 0 Å². The maximum Gasteiger partial charge on any atom is 0.126 e. The zero-order valence-electron chi connectivity index (χ0n) is 8.94. The SMILES string of the molecule is Cc1cc(Cl)c(-c2n[nH]c(C)c2N)cc1F. The Hall–Kier alpha value is -1.55. The molecule has 0 aliphatic carbocycles. The van der Waals surface area contributed by atoms with Gasteiger partial charge >= 0.3 is 0 Å². The lowest BCUT2D eigenvalue weighted by molar-refractivity contribution is 0.619. The van der Waals surface area contributed by atoms with Gasteiger partial charge in [0.15, 0.2) is 0 Å². The van der Waals surface area contributed by atoms with E-state index in [-0.39, 0.29) is 5.82 Å². The minimum atomic E-state index is -0.320. The molecular weight excluding hydrogens is 229 g/mol. The standard InChI is InChI=1S/C11H11ClFN3/c1-5-3-8(12)7(4-9(5)13)11-10(14)6(2)15-16-11/h3-4H,14H2,1-2H3,(H,15,16). The minimum Gasteiger partial charge on any atom is -0.395 e. The van der Waals surface area contributed by atoms with Crippen LogP contribution in [0.2, 0.25) is 5.02 Å². The molecule has 3 nitrogen and oxygen atoms in total. The molecule has 2 aromatic rings. The molecule has 5 heteroatoms. The molecule has 0 atom stereocenters. The maximum absolute atomic E-state index is 13.4. The number of aryl methyl sites for hydroxylation is 2. The predicted octanol–water partition coefficient (Wildman–Crippen LogP) is 3.07. The van der Waals surface area contributed by atoms with E-state index < -0.39 is 0 Å². The lowest BCUT2D eigenvalue weighted by atomic mass is 10.1. The van der Waals surface area contributed by atoms with Crippen molar-refractivity contribution in [3.8, 4) is 11.3 Å². The molecule has 1 aromatic carbocycles. The molecule has 0 saturated carbocycles. The second-order valence-electron chi connectivity index (χ2n) is 3.69. The lowest BCUT2D eigenvalue weighted by Gasteiger charge is -2.04. The Kier molecular flexibility index (Phi) is 2.59. The van der Waals surface area contributed by atoms with Gasteiger partial charge in [0.1, 0.15) is 11.5 Å². The first-order valence-electron chi connectivity index (χ1n) is 4.77. The van der Waals surface area contributed by atoms with Crippen molar-refractivity contribution in [1.29, 1.82) is 0 Å². The largest absolute Gasteiger partial charge is 0.395 e. The van der Waals surface area contributed by atoms with Crippen LogP contribution in [0.4, 0.5) is 10.1 Å². The quantitative estimate of drug-likeness (QED) is 0.804. The van der Waals surface area contributed by atoms with Crippen LogP contribution in [0.1, 0.15) is 11.3 Å². The third-order valence-corrected chi connectivity index (χ3v) is 2.81. The Morgan fingerprint density at radius 3 is 2.62 bits per heavy atom. The summed E-state index contributed by atoms with van der Waals surface area (Å²) in [5, 5.41) is 7.20. The van der Waals surface area contributed by atoms with Gasteiger partial charge in [-0.05, 0) is 31.5 Å². The van der Waals surface area contributed by atoms with Crippen LogP contribution in [-0.2, 0) is 0 Å². The summed E-state index contributed by atoms with van der Waals surface area (Å²) in [4.78, 5) is 0. The highest BCUT2D eigenvalue weighted by Gasteiger charge is 2.14. The molecule has 16 heavy (non-hydrogen) atoms. The smallest absolute Gasteiger partial charge is 0.126 e. The molecular formula is C11H11ClFN3. The Bertz CT molecular complexity index is 548. The lowest BCUT2D eigenvalue weighted by Crippen LogP contribution is -1.92. The molecule has 0 bridgehead atoms. The molecule has 3 N–H and O–H groups in total. The van der Waals surface area contributed by atoms with Gasteiger partial charge in [0, 0.05) is 5.56 Å². The van der Waals surface area contributed by atoms with Gasteiger partial charge in [-0.1, -0.05) is 11.6 Å². The van der Waals surface area contributed by atoms with E-state index in [0.717, 1.165) is 5.69 Å². The van der Waals surface area contributed by atoms with Crippen LogP contribution in [0.3, 0.4) is 0 Å². The number of benzene rings is 1. The van der Waals surface area contributed by atoms with Crippen molar-refractivity contribution in [2.45, 2.75) is 13.8 Å². The first-order valence-corrected chi connectivity index (χ1v) is 5.15. The molecule has 1 heterocycles. The number of aromatic amines is 1. The van der Waals surface area contributed by atoms with Crippen LogP contribution in [0.25, 0.3) is 11.3 Å². The number of nitrogens with one attached hydrogen (secondary N) is 1. The first kappa shape index (κ1) is 11.0. The highest BCUT2D eigenvalue weighted by atomic mass is 35.5. The van der Waals surface area contributed by atoms with Gasteiger partial charge < -0.3 is 5.73 Å². The van der Waals surface area contributed by atoms with E-state index in [4.69, 9.17) is 17.3 Å².